The summed E-state index contributed by atoms with van der Waals surface area (Å²) in [6, 6.07) is 2.02. The number of pyridine rings is 1. The first-order valence-corrected chi connectivity index (χ1v) is 5.30. The van der Waals surface area contributed by atoms with Gasteiger partial charge in [0.2, 0.25) is 0 Å². The molecule has 80 valence electrons. The van der Waals surface area contributed by atoms with Crippen LogP contribution in [0.4, 0.5) is 0 Å². The summed E-state index contributed by atoms with van der Waals surface area (Å²) in [5, 5.41) is 0. The van der Waals surface area contributed by atoms with Crippen molar-refractivity contribution in [3.63, 3.8) is 0 Å². The minimum atomic E-state index is 0.391. The maximum Gasteiger partial charge on any atom is 0.137 e. The highest BCUT2D eigenvalue weighted by Crippen LogP contribution is 2.31. The minimum Gasteiger partial charge on any atom is -0.495 e. The number of Topliss-reactive ketones (excluding diaryl/α,β-unsaturated/α-hetero) is 1. The molecule has 0 aromatic carbocycles. The number of nitrogens with zero attached hydrogens (tertiary/aromatic N) is 1. The van der Waals surface area contributed by atoms with Crippen molar-refractivity contribution >= 4 is 5.78 Å². The summed E-state index contributed by atoms with van der Waals surface area (Å²) in [7, 11) is 1.64. The number of methoxy groups -OCH3 is 1. The molecule has 1 heterocycles. The van der Waals surface area contributed by atoms with Crippen molar-refractivity contribution in [2.75, 3.05) is 7.11 Å². The molecule has 3 nitrogen and oxygen atoms in total. The zero-order chi connectivity index (χ0) is 10.7. The summed E-state index contributed by atoms with van der Waals surface area (Å²) in [6.45, 7) is 0. The number of aromatic nitrogens is 1. The average Bonchev–Trinajstić information content (AvgIpc) is 2.30. The molecule has 0 N–H and O–H groups in total. The highest BCUT2D eigenvalue weighted by atomic mass is 16.5. The average molecular weight is 205 g/mol. The molecule has 0 saturated heterocycles. The molecular weight excluding hydrogens is 190 g/mol. The monoisotopic (exact) mass is 205 g/mol. The first kappa shape index (κ1) is 10.1. The molecule has 1 aromatic rings. The van der Waals surface area contributed by atoms with Crippen LogP contribution < -0.4 is 4.74 Å². The second-order valence-corrected chi connectivity index (χ2v) is 3.97. The number of hydrogen-bond donors (Lipinski definition) is 0. The van der Waals surface area contributed by atoms with E-state index in [4.69, 9.17) is 4.74 Å². The Balaban J connectivity index is 2.11. The maximum absolute atomic E-state index is 11.1. The van der Waals surface area contributed by atoms with Crippen LogP contribution in [0.2, 0.25) is 0 Å². The van der Waals surface area contributed by atoms with Gasteiger partial charge >= 0.3 is 0 Å². The fourth-order valence-corrected chi connectivity index (χ4v) is 2.04. The summed E-state index contributed by atoms with van der Waals surface area (Å²) in [5.41, 5.74) is 1.20. The molecule has 3 heteroatoms. The summed E-state index contributed by atoms with van der Waals surface area (Å²) in [5.74, 6) is 1.66. The Bertz CT molecular complexity index is 352. The lowest BCUT2D eigenvalue weighted by Crippen LogP contribution is -2.12. The Morgan fingerprint density at radius 2 is 2.07 bits per heavy atom. The molecule has 0 unspecified atom stereocenters. The van der Waals surface area contributed by atoms with E-state index >= 15 is 0 Å². The fraction of sp³-hybridized carbons (Fsp3) is 0.500. The van der Waals surface area contributed by atoms with Gasteiger partial charge in [0, 0.05) is 19.0 Å². The molecule has 0 amide bonds. The van der Waals surface area contributed by atoms with Crippen LogP contribution >= 0.6 is 0 Å². The maximum atomic E-state index is 11.1. The molecule has 15 heavy (non-hydrogen) atoms. The quantitative estimate of drug-likeness (QED) is 0.743. The van der Waals surface area contributed by atoms with Crippen LogP contribution in [0.3, 0.4) is 0 Å². The molecule has 2 rings (SSSR count). The van der Waals surface area contributed by atoms with Crippen LogP contribution in [-0.4, -0.2) is 17.9 Å². The van der Waals surface area contributed by atoms with Crippen LogP contribution in [-0.2, 0) is 4.79 Å². The second kappa shape index (κ2) is 4.43. The topological polar surface area (TPSA) is 39.2 Å². The Morgan fingerprint density at radius 3 is 2.73 bits per heavy atom. The number of ether oxygens (including phenoxy) is 1. The Morgan fingerprint density at radius 1 is 1.33 bits per heavy atom. The van der Waals surface area contributed by atoms with E-state index in [2.05, 4.69) is 4.98 Å². The van der Waals surface area contributed by atoms with E-state index in [0.717, 1.165) is 18.6 Å². The smallest absolute Gasteiger partial charge is 0.137 e. The Kier molecular flexibility index (Phi) is 2.99. The van der Waals surface area contributed by atoms with E-state index in [1.165, 1.54) is 5.56 Å². The number of hydrogen-bond acceptors (Lipinski definition) is 3. The second-order valence-electron chi connectivity index (χ2n) is 3.97. The molecule has 1 fully saturated rings. The fourth-order valence-electron chi connectivity index (χ4n) is 2.04. The van der Waals surface area contributed by atoms with Gasteiger partial charge in [-0.05, 0) is 30.4 Å². The standard InChI is InChI=1S/C12H15NO2/c1-15-12-6-10(7-13-8-12)9-2-4-11(14)5-3-9/h6-9H,2-5H2,1H3. The molecule has 0 aliphatic heterocycles. The van der Waals surface area contributed by atoms with Gasteiger partial charge < -0.3 is 4.74 Å². The number of rotatable bonds is 2. The lowest BCUT2D eigenvalue weighted by molar-refractivity contribution is -0.120. The van der Waals surface area contributed by atoms with Crippen molar-refractivity contribution in [3.8, 4) is 5.75 Å². The first-order valence-electron chi connectivity index (χ1n) is 5.30. The molecule has 0 radical (unpaired) electrons. The molecule has 1 aromatic heterocycles. The summed E-state index contributed by atoms with van der Waals surface area (Å²) < 4.78 is 5.14. The Hall–Kier alpha value is -1.38. The predicted octanol–water partition coefficient (Wildman–Crippen LogP) is 2.32. The molecule has 1 saturated carbocycles. The molecular formula is C12H15NO2. The highest BCUT2D eigenvalue weighted by Gasteiger charge is 2.20. The summed E-state index contributed by atoms with van der Waals surface area (Å²) in [6.07, 6.45) is 6.91. The molecule has 0 spiro atoms. The van der Waals surface area contributed by atoms with Crippen molar-refractivity contribution in [1.82, 2.24) is 4.98 Å². The number of ketones is 1. The third-order valence-electron chi connectivity index (χ3n) is 2.98. The van der Waals surface area contributed by atoms with Gasteiger partial charge in [-0.2, -0.15) is 0 Å². The van der Waals surface area contributed by atoms with Crippen LogP contribution in [0.15, 0.2) is 18.5 Å². The van der Waals surface area contributed by atoms with Gasteiger partial charge in [-0.15, -0.1) is 0 Å². The van der Waals surface area contributed by atoms with Gasteiger partial charge in [-0.1, -0.05) is 0 Å². The normalized spacial score (nSPS) is 17.8. The Labute approximate surface area is 89.5 Å². The SMILES string of the molecule is COc1cncc(C2CCC(=O)CC2)c1. The highest BCUT2D eigenvalue weighted by molar-refractivity contribution is 5.79. The van der Waals surface area contributed by atoms with E-state index in [9.17, 15) is 4.79 Å². The van der Waals surface area contributed by atoms with E-state index in [-0.39, 0.29) is 0 Å². The van der Waals surface area contributed by atoms with Gasteiger partial charge in [0.05, 0.1) is 13.3 Å². The first-order chi connectivity index (χ1) is 7.29. The van der Waals surface area contributed by atoms with Crippen LogP contribution in [0.1, 0.15) is 37.2 Å². The number of carbonyl (C=O) groups is 1. The molecule has 1 aliphatic rings. The third kappa shape index (κ3) is 2.35. The lowest BCUT2D eigenvalue weighted by Gasteiger charge is -2.21. The van der Waals surface area contributed by atoms with Gasteiger partial charge in [-0.25, -0.2) is 0 Å². The minimum absolute atomic E-state index is 0.391. The van der Waals surface area contributed by atoms with E-state index in [0.29, 0.717) is 24.5 Å². The molecule has 0 atom stereocenters. The summed E-state index contributed by atoms with van der Waals surface area (Å²) in [4.78, 5) is 15.3. The van der Waals surface area contributed by atoms with Gasteiger partial charge in [-0.3, -0.25) is 9.78 Å². The zero-order valence-electron chi connectivity index (χ0n) is 8.90. The van der Waals surface area contributed by atoms with Crippen molar-refractivity contribution < 1.29 is 9.53 Å². The number of carbonyl (C=O) groups excluding carboxylic acids is 1. The largest absolute Gasteiger partial charge is 0.495 e. The molecule has 0 bridgehead atoms. The van der Waals surface area contributed by atoms with E-state index in [1.54, 1.807) is 13.3 Å². The van der Waals surface area contributed by atoms with Crippen LogP contribution in [0.25, 0.3) is 0 Å². The molecule has 1 aliphatic carbocycles. The van der Waals surface area contributed by atoms with Gasteiger partial charge in [0.15, 0.2) is 0 Å². The summed E-state index contributed by atoms with van der Waals surface area (Å²) >= 11 is 0. The van der Waals surface area contributed by atoms with Crippen molar-refractivity contribution in [2.24, 2.45) is 0 Å². The lowest BCUT2D eigenvalue weighted by atomic mass is 9.84. The van der Waals surface area contributed by atoms with E-state index < -0.39 is 0 Å². The van der Waals surface area contributed by atoms with Crippen molar-refractivity contribution in [3.05, 3.63) is 24.0 Å². The predicted molar refractivity (Wildman–Crippen MR) is 57.0 cm³/mol. The van der Waals surface area contributed by atoms with Gasteiger partial charge in [0.25, 0.3) is 0 Å². The van der Waals surface area contributed by atoms with Crippen LogP contribution in [0.5, 0.6) is 5.75 Å². The zero-order valence-corrected chi connectivity index (χ0v) is 8.90. The van der Waals surface area contributed by atoms with Crippen molar-refractivity contribution in [1.29, 1.82) is 0 Å². The van der Waals surface area contributed by atoms with Gasteiger partial charge in [0.1, 0.15) is 11.5 Å². The third-order valence-corrected chi connectivity index (χ3v) is 2.98. The van der Waals surface area contributed by atoms with Crippen LogP contribution in [0, 0.1) is 0 Å². The van der Waals surface area contributed by atoms with E-state index in [1.807, 2.05) is 12.3 Å². The van der Waals surface area contributed by atoms with Crippen molar-refractivity contribution in [2.45, 2.75) is 31.6 Å².